The minimum absolute atomic E-state index is 0.0911. The summed E-state index contributed by atoms with van der Waals surface area (Å²) in [4.78, 5) is 13.6. The number of ether oxygens (including phenoxy) is 2. The van der Waals surface area contributed by atoms with Gasteiger partial charge in [0.05, 0.1) is 0 Å². The maximum absolute atomic E-state index is 11.5. The predicted octanol–water partition coefficient (Wildman–Crippen LogP) is 1.36. The Morgan fingerprint density at radius 1 is 1.30 bits per heavy atom. The number of hydrogen-bond donors (Lipinski definition) is 1. The van der Waals surface area contributed by atoms with Gasteiger partial charge in [-0.15, -0.1) is 0 Å². The van der Waals surface area contributed by atoms with Crippen molar-refractivity contribution in [1.29, 1.82) is 0 Å². The standard InChI is InChI=1S/C15H22N2O3/c1-17(2)11-10-16-15(18)9-6-13-4-7-14(8-5-13)20-12-19-3/h4-9H,10-12H2,1-3H3,(H,16,18)/b9-6+. The van der Waals surface area contributed by atoms with Crippen LogP contribution in [0.4, 0.5) is 0 Å². The Morgan fingerprint density at radius 2 is 2.00 bits per heavy atom. The fourth-order valence-corrected chi connectivity index (χ4v) is 1.44. The fraction of sp³-hybridized carbons (Fsp3) is 0.400. The van der Waals surface area contributed by atoms with Crippen LogP contribution in [0.5, 0.6) is 5.75 Å². The molecule has 0 aliphatic carbocycles. The number of carbonyl (C=O) groups excluding carboxylic acids is 1. The molecule has 0 saturated carbocycles. The zero-order valence-corrected chi connectivity index (χ0v) is 12.3. The Hall–Kier alpha value is -1.85. The second kappa shape index (κ2) is 9.12. The molecule has 0 fully saturated rings. The van der Waals surface area contributed by atoms with Crippen LogP contribution >= 0.6 is 0 Å². The minimum atomic E-state index is -0.0911. The summed E-state index contributed by atoms with van der Waals surface area (Å²) in [5.74, 6) is 0.644. The van der Waals surface area contributed by atoms with Gasteiger partial charge in [0.1, 0.15) is 5.75 Å². The smallest absolute Gasteiger partial charge is 0.244 e. The largest absolute Gasteiger partial charge is 0.468 e. The van der Waals surface area contributed by atoms with Gasteiger partial charge >= 0.3 is 0 Å². The van der Waals surface area contributed by atoms with Crippen molar-refractivity contribution in [1.82, 2.24) is 10.2 Å². The fourth-order valence-electron chi connectivity index (χ4n) is 1.44. The highest BCUT2D eigenvalue weighted by molar-refractivity contribution is 5.91. The summed E-state index contributed by atoms with van der Waals surface area (Å²) in [6.07, 6.45) is 3.30. The molecule has 1 aromatic carbocycles. The predicted molar refractivity (Wildman–Crippen MR) is 79.5 cm³/mol. The van der Waals surface area contributed by atoms with Crippen LogP contribution in [0.15, 0.2) is 30.3 Å². The molecule has 0 spiro atoms. The minimum Gasteiger partial charge on any atom is -0.468 e. The first-order valence-electron chi connectivity index (χ1n) is 6.44. The lowest BCUT2D eigenvalue weighted by atomic mass is 10.2. The molecule has 0 unspecified atom stereocenters. The first kappa shape index (κ1) is 16.2. The van der Waals surface area contributed by atoms with Crippen LogP contribution < -0.4 is 10.1 Å². The Morgan fingerprint density at radius 3 is 2.60 bits per heavy atom. The number of nitrogens with one attached hydrogen (secondary N) is 1. The van der Waals surface area contributed by atoms with Crippen molar-refractivity contribution in [2.75, 3.05) is 41.1 Å². The molecule has 1 aromatic rings. The van der Waals surface area contributed by atoms with E-state index in [2.05, 4.69) is 5.32 Å². The van der Waals surface area contributed by atoms with Gasteiger partial charge in [-0.05, 0) is 37.9 Å². The van der Waals surface area contributed by atoms with Gasteiger partial charge in [0.25, 0.3) is 0 Å². The summed E-state index contributed by atoms with van der Waals surface area (Å²) in [7, 11) is 5.51. The summed E-state index contributed by atoms with van der Waals surface area (Å²) < 4.78 is 10.1. The maximum Gasteiger partial charge on any atom is 0.244 e. The average Bonchev–Trinajstić information content (AvgIpc) is 2.43. The number of amides is 1. The molecule has 110 valence electrons. The normalized spacial score (nSPS) is 11.0. The zero-order valence-electron chi connectivity index (χ0n) is 12.3. The van der Waals surface area contributed by atoms with E-state index >= 15 is 0 Å². The molecule has 1 amide bonds. The van der Waals surface area contributed by atoms with Gasteiger partial charge in [0, 0.05) is 26.3 Å². The van der Waals surface area contributed by atoms with Gasteiger partial charge in [-0.2, -0.15) is 0 Å². The van der Waals surface area contributed by atoms with E-state index in [1.807, 2.05) is 43.3 Å². The van der Waals surface area contributed by atoms with Crippen molar-refractivity contribution in [3.05, 3.63) is 35.9 Å². The molecule has 0 atom stereocenters. The summed E-state index contributed by atoms with van der Waals surface area (Å²) in [6, 6.07) is 7.44. The van der Waals surface area contributed by atoms with E-state index in [1.165, 1.54) is 6.08 Å². The third kappa shape index (κ3) is 6.92. The van der Waals surface area contributed by atoms with Crippen LogP contribution in [0.25, 0.3) is 6.08 Å². The number of methoxy groups -OCH3 is 1. The number of rotatable bonds is 8. The maximum atomic E-state index is 11.5. The van der Waals surface area contributed by atoms with Crippen LogP contribution in [0, 0.1) is 0 Å². The van der Waals surface area contributed by atoms with E-state index in [9.17, 15) is 4.79 Å². The second-order valence-electron chi connectivity index (χ2n) is 4.55. The number of likely N-dealkylation sites (N-methyl/N-ethyl adjacent to an activating group) is 1. The summed E-state index contributed by atoms with van der Waals surface area (Å²) in [5.41, 5.74) is 0.942. The lowest BCUT2D eigenvalue weighted by molar-refractivity contribution is -0.116. The summed E-state index contributed by atoms with van der Waals surface area (Å²) >= 11 is 0. The van der Waals surface area contributed by atoms with Crippen LogP contribution in [0.3, 0.4) is 0 Å². The summed E-state index contributed by atoms with van der Waals surface area (Å²) in [6.45, 7) is 1.69. The van der Waals surface area contributed by atoms with Gasteiger partial charge < -0.3 is 19.7 Å². The monoisotopic (exact) mass is 278 g/mol. The van der Waals surface area contributed by atoms with E-state index < -0.39 is 0 Å². The van der Waals surface area contributed by atoms with Crippen LogP contribution in [0.1, 0.15) is 5.56 Å². The SMILES string of the molecule is COCOc1ccc(/C=C/C(=O)NCCN(C)C)cc1. The molecule has 1 rings (SSSR count). The average molecular weight is 278 g/mol. The van der Waals surface area contributed by atoms with Crippen molar-refractivity contribution in [3.63, 3.8) is 0 Å². The molecule has 0 aliphatic heterocycles. The molecule has 0 saturated heterocycles. The Bertz CT molecular complexity index is 427. The molecule has 1 N–H and O–H groups in total. The number of hydrogen-bond acceptors (Lipinski definition) is 4. The van der Waals surface area contributed by atoms with Crippen molar-refractivity contribution in [2.45, 2.75) is 0 Å². The lowest BCUT2D eigenvalue weighted by Crippen LogP contribution is -2.30. The van der Waals surface area contributed by atoms with E-state index in [4.69, 9.17) is 9.47 Å². The van der Waals surface area contributed by atoms with Crippen LogP contribution in [-0.4, -0.2) is 51.9 Å². The Balaban J connectivity index is 2.39. The van der Waals surface area contributed by atoms with Crippen LogP contribution in [-0.2, 0) is 9.53 Å². The first-order valence-corrected chi connectivity index (χ1v) is 6.44. The molecule has 0 radical (unpaired) electrons. The number of nitrogens with zero attached hydrogens (tertiary/aromatic N) is 1. The Kier molecular flexibility index (Phi) is 7.39. The van der Waals surface area contributed by atoms with E-state index in [1.54, 1.807) is 13.2 Å². The first-order chi connectivity index (χ1) is 9.61. The van der Waals surface area contributed by atoms with Crippen molar-refractivity contribution in [2.24, 2.45) is 0 Å². The van der Waals surface area contributed by atoms with Crippen molar-refractivity contribution >= 4 is 12.0 Å². The van der Waals surface area contributed by atoms with Gasteiger partial charge in [-0.25, -0.2) is 0 Å². The number of benzene rings is 1. The third-order valence-corrected chi connectivity index (χ3v) is 2.51. The van der Waals surface area contributed by atoms with E-state index in [0.717, 1.165) is 17.9 Å². The molecular formula is C15H22N2O3. The quantitative estimate of drug-likeness (QED) is 0.576. The molecule has 0 aliphatic rings. The molecule has 20 heavy (non-hydrogen) atoms. The van der Waals surface area contributed by atoms with Gasteiger partial charge in [0.2, 0.25) is 5.91 Å². The highest BCUT2D eigenvalue weighted by Crippen LogP contribution is 2.12. The van der Waals surface area contributed by atoms with Gasteiger partial charge in [-0.3, -0.25) is 4.79 Å². The highest BCUT2D eigenvalue weighted by atomic mass is 16.7. The highest BCUT2D eigenvalue weighted by Gasteiger charge is 1.96. The molecule has 5 heteroatoms. The number of carbonyl (C=O) groups is 1. The molecular weight excluding hydrogens is 256 g/mol. The summed E-state index contributed by atoms with van der Waals surface area (Å²) in [5, 5.41) is 2.81. The van der Waals surface area contributed by atoms with E-state index in [0.29, 0.717) is 6.54 Å². The van der Waals surface area contributed by atoms with Crippen molar-refractivity contribution in [3.8, 4) is 5.75 Å². The molecule has 0 bridgehead atoms. The van der Waals surface area contributed by atoms with Crippen LogP contribution in [0.2, 0.25) is 0 Å². The van der Waals surface area contributed by atoms with Crippen molar-refractivity contribution < 1.29 is 14.3 Å². The Labute approximate surface area is 120 Å². The lowest BCUT2D eigenvalue weighted by Gasteiger charge is -2.08. The molecule has 5 nitrogen and oxygen atoms in total. The zero-order chi connectivity index (χ0) is 14.8. The topological polar surface area (TPSA) is 50.8 Å². The van der Waals surface area contributed by atoms with E-state index in [-0.39, 0.29) is 12.7 Å². The second-order valence-corrected chi connectivity index (χ2v) is 4.55. The molecule has 0 aromatic heterocycles. The molecule has 0 heterocycles. The third-order valence-electron chi connectivity index (χ3n) is 2.51. The van der Waals surface area contributed by atoms with Gasteiger partial charge in [0.15, 0.2) is 6.79 Å². The van der Waals surface area contributed by atoms with Gasteiger partial charge in [-0.1, -0.05) is 12.1 Å².